The molecule has 1 saturated heterocycles. The number of H-pyrrole nitrogens is 1. The molecule has 1 saturated carbocycles. The molecule has 1 aliphatic carbocycles. The maximum absolute atomic E-state index is 12.9. The van der Waals surface area contributed by atoms with E-state index in [1.165, 1.54) is 6.08 Å². The second-order valence-electron chi connectivity index (χ2n) is 8.47. The van der Waals surface area contributed by atoms with Gasteiger partial charge in [-0.15, -0.1) is 0 Å². The van der Waals surface area contributed by atoms with Gasteiger partial charge in [-0.05, 0) is 37.8 Å². The van der Waals surface area contributed by atoms with Gasteiger partial charge in [0.2, 0.25) is 11.8 Å². The number of hydrogen-bond donors (Lipinski definition) is 2. The van der Waals surface area contributed by atoms with E-state index in [1.54, 1.807) is 23.4 Å². The molecule has 0 spiro atoms. The fraction of sp³-hybridized carbons (Fsp3) is 0.500. The molecule has 0 aromatic carbocycles. The van der Waals surface area contributed by atoms with Gasteiger partial charge in [-0.3, -0.25) is 9.59 Å². The molecule has 3 heterocycles. The molecule has 7 nitrogen and oxygen atoms in total. The largest absolute Gasteiger partial charge is 0.391 e. The molecule has 0 unspecified atom stereocenters. The van der Waals surface area contributed by atoms with E-state index in [1.807, 2.05) is 6.07 Å². The van der Waals surface area contributed by atoms with Gasteiger partial charge in [-0.2, -0.15) is 13.2 Å². The maximum Gasteiger partial charge on any atom is 0.391 e. The van der Waals surface area contributed by atoms with E-state index in [4.69, 9.17) is 5.73 Å². The van der Waals surface area contributed by atoms with Crippen molar-refractivity contribution >= 4 is 34.6 Å². The van der Waals surface area contributed by atoms with Crippen LogP contribution in [0, 0.1) is 11.8 Å². The van der Waals surface area contributed by atoms with Gasteiger partial charge in [0.25, 0.3) is 0 Å². The molecule has 0 atom stereocenters. The minimum atomic E-state index is -4.16. The van der Waals surface area contributed by atoms with Crippen LogP contribution in [0.4, 0.5) is 18.9 Å². The standard InChI is InChI=1S/C22H26F3N5O2/c23-22(24,25)16-4-1-14(2-5-16)21(32)30-9-7-29(8-10-30)17-11-18-15(3-6-19(26)31)12-27-20(18)28-13-17/h3,6,11-14,16H,1-2,4-5,7-10H2,(H2,26,31)(H,27,28)/b6-3+. The number of carbonyl (C=O) groups is 2. The smallest absolute Gasteiger partial charge is 0.367 e. The lowest BCUT2D eigenvalue weighted by molar-refractivity contribution is -0.185. The number of fused-ring (bicyclic) bond motifs is 1. The number of hydrogen-bond acceptors (Lipinski definition) is 4. The molecule has 0 bridgehead atoms. The molecule has 0 radical (unpaired) electrons. The summed E-state index contributed by atoms with van der Waals surface area (Å²) in [4.78, 5) is 35.3. The van der Waals surface area contributed by atoms with Crippen LogP contribution in [0.5, 0.6) is 0 Å². The summed E-state index contributed by atoms with van der Waals surface area (Å²) in [6, 6.07) is 1.98. The highest BCUT2D eigenvalue weighted by Crippen LogP contribution is 2.40. The second-order valence-corrected chi connectivity index (χ2v) is 8.47. The lowest BCUT2D eigenvalue weighted by Crippen LogP contribution is -2.51. The van der Waals surface area contributed by atoms with Crippen molar-refractivity contribution < 1.29 is 22.8 Å². The Balaban J connectivity index is 1.36. The number of carbonyl (C=O) groups excluding carboxylic acids is 2. The number of piperazine rings is 1. The number of nitrogens with one attached hydrogen (secondary N) is 1. The SMILES string of the molecule is NC(=O)/C=C/c1c[nH]c2ncc(N3CCN(C(=O)C4CCC(C(F)(F)F)CC4)CC3)cc12. The van der Waals surface area contributed by atoms with E-state index in [0.717, 1.165) is 16.6 Å². The van der Waals surface area contributed by atoms with Crippen molar-refractivity contribution in [3.05, 3.63) is 30.1 Å². The zero-order valence-electron chi connectivity index (χ0n) is 17.6. The van der Waals surface area contributed by atoms with E-state index in [-0.39, 0.29) is 24.7 Å². The first-order valence-electron chi connectivity index (χ1n) is 10.8. The Bertz CT molecular complexity index is 1020. The minimum absolute atomic E-state index is 0.0247. The first-order valence-corrected chi connectivity index (χ1v) is 10.8. The number of nitrogens with two attached hydrogens (primary N) is 1. The number of alkyl halides is 3. The molecule has 2 aromatic heterocycles. The van der Waals surface area contributed by atoms with Crippen LogP contribution in [0.2, 0.25) is 0 Å². The van der Waals surface area contributed by atoms with Crippen LogP contribution >= 0.6 is 0 Å². The number of nitrogens with zero attached hydrogens (tertiary/aromatic N) is 3. The summed E-state index contributed by atoms with van der Waals surface area (Å²) in [5.41, 5.74) is 7.58. The molecule has 1 aliphatic heterocycles. The Morgan fingerprint density at radius 1 is 1.12 bits per heavy atom. The summed E-state index contributed by atoms with van der Waals surface area (Å²) in [5.74, 6) is -2.14. The van der Waals surface area contributed by atoms with Crippen LogP contribution in [0.15, 0.2) is 24.5 Å². The van der Waals surface area contributed by atoms with Crippen molar-refractivity contribution in [2.24, 2.45) is 17.6 Å². The number of halogens is 3. The summed E-state index contributed by atoms with van der Waals surface area (Å²) < 4.78 is 38.6. The number of anilines is 1. The van der Waals surface area contributed by atoms with Crippen LogP contribution in [0.1, 0.15) is 31.2 Å². The Kier molecular flexibility index (Phi) is 6.12. The first kappa shape index (κ1) is 22.2. The molecule has 32 heavy (non-hydrogen) atoms. The molecule has 2 amide bonds. The number of pyridine rings is 1. The summed E-state index contributed by atoms with van der Waals surface area (Å²) >= 11 is 0. The van der Waals surface area contributed by atoms with Gasteiger partial charge in [0.15, 0.2) is 0 Å². The molecule has 4 rings (SSSR count). The zero-order chi connectivity index (χ0) is 22.9. The Labute approximate surface area is 183 Å². The molecule has 2 aromatic rings. The fourth-order valence-corrected chi connectivity index (χ4v) is 4.61. The van der Waals surface area contributed by atoms with Gasteiger partial charge in [-0.1, -0.05) is 0 Å². The number of primary amides is 1. The third-order valence-electron chi connectivity index (χ3n) is 6.47. The van der Waals surface area contributed by atoms with Gasteiger partial charge >= 0.3 is 6.18 Å². The lowest BCUT2D eigenvalue weighted by atomic mass is 9.81. The second kappa shape index (κ2) is 8.84. The van der Waals surface area contributed by atoms with Gasteiger partial charge in [0.05, 0.1) is 17.8 Å². The normalized spacial score (nSPS) is 22.6. The van der Waals surface area contributed by atoms with Crippen molar-refractivity contribution in [3.63, 3.8) is 0 Å². The summed E-state index contributed by atoms with van der Waals surface area (Å²) in [7, 11) is 0. The third-order valence-corrected chi connectivity index (χ3v) is 6.47. The van der Waals surface area contributed by atoms with E-state index < -0.39 is 18.0 Å². The fourth-order valence-electron chi connectivity index (χ4n) is 4.61. The van der Waals surface area contributed by atoms with Gasteiger partial charge in [0, 0.05) is 55.3 Å². The van der Waals surface area contributed by atoms with Crippen LogP contribution in [-0.4, -0.2) is 59.0 Å². The molecule has 3 N–H and O–H groups in total. The Morgan fingerprint density at radius 3 is 2.44 bits per heavy atom. The predicted molar refractivity (Wildman–Crippen MR) is 115 cm³/mol. The summed E-state index contributed by atoms with van der Waals surface area (Å²) in [6.07, 6.45) is 2.96. The van der Waals surface area contributed by atoms with Crippen molar-refractivity contribution in [2.75, 3.05) is 31.1 Å². The quantitative estimate of drug-likeness (QED) is 0.702. The van der Waals surface area contributed by atoms with E-state index in [2.05, 4.69) is 14.9 Å². The molecule has 10 heteroatoms. The van der Waals surface area contributed by atoms with Gasteiger partial charge < -0.3 is 20.5 Å². The molecule has 2 aliphatic rings. The number of rotatable bonds is 4. The van der Waals surface area contributed by atoms with Crippen LogP contribution < -0.4 is 10.6 Å². The molecule has 172 valence electrons. The maximum atomic E-state index is 12.9. The average Bonchev–Trinajstić information content (AvgIpc) is 3.19. The highest BCUT2D eigenvalue weighted by Gasteiger charge is 2.43. The molecular weight excluding hydrogens is 423 g/mol. The minimum Gasteiger partial charge on any atom is -0.367 e. The zero-order valence-corrected chi connectivity index (χ0v) is 17.6. The van der Waals surface area contributed by atoms with Crippen molar-refractivity contribution in [2.45, 2.75) is 31.9 Å². The van der Waals surface area contributed by atoms with Crippen molar-refractivity contribution in [3.8, 4) is 0 Å². The number of aromatic nitrogens is 2. The van der Waals surface area contributed by atoms with Gasteiger partial charge in [0.1, 0.15) is 5.65 Å². The van der Waals surface area contributed by atoms with Crippen molar-refractivity contribution in [1.82, 2.24) is 14.9 Å². The molecular formula is C22H26F3N5O2. The number of aromatic amines is 1. The Hall–Kier alpha value is -3.04. The number of amides is 2. The first-order chi connectivity index (χ1) is 15.2. The van der Waals surface area contributed by atoms with E-state index >= 15 is 0 Å². The van der Waals surface area contributed by atoms with Crippen LogP contribution in [-0.2, 0) is 9.59 Å². The average molecular weight is 449 g/mol. The van der Waals surface area contributed by atoms with Crippen molar-refractivity contribution in [1.29, 1.82) is 0 Å². The molecule has 2 fully saturated rings. The monoisotopic (exact) mass is 449 g/mol. The highest BCUT2D eigenvalue weighted by atomic mass is 19.4. The lowest BCUT2D eigenvalue weighted by Gasteiger charge is -2.38. The predicted octanol–water partition coefficient (Wildman–Crippen LogP) is 3.08. The van der Waals surface area contributed by atoms with Gasteiger partial charge in [-0.25, -0.2) is 4.98 Å². The van der Waals surface area contributed by atoms with E-state index in [0.29, 0.717) is 44.7 Å². The highest BCUT2D eigenvalue weighted by molar-refractivity contribution is 5.95. The third kappa shape index (κ3) is 4.73. The summed E-state index contributed by atoms with van der Waals surface area (Å²) in [6.45, 7) is 2.29. The Morgan fingerprint density at radius 2 is 1.81 bits per heavy atom. The van der Waals surface area contributed by atoms with Crippen LogP contribution in [0.3, 0.4) is 0 Å². The summed E-state index contributed by atoms with van der Waals surface area (Å²) in [5, 5.41) is 0.861. The van der Waals surface area contributed by atoms with E-state index in [9.17, 15) is 22.8 Å². The topological polar surface area (TPSA) is 95.3 Å². The van der Waals surface area contributed by atoms with Crippen LogP contribution in [0.25, 0.3) is 17.1 Å².